The zero-order valence-corrected chi connectivity index (χ0v) is 21.8. The van der Waals surface area contributed by atoms with Gasteiger partial charge in [-0.05, 0) is 76.0 Å². The van der Waals surface area contributed by atoms with E-state index in [-0.39, 0.29) is 10.8 Å². The fraction of sp³-hybridized carbons (Fsp3) is 0.400. The van der Waals surface area contributed by atoms with Gasteiger partial charge in [0.1, 0.15) is 0 Å². The van der Waals surface area contributed by atoms with Gasteiger partial charge >= 0.3 is 5.97 Å². The molecule has 0 aliphatic heterocycles. The van der Waals surface area contributed by atoms with Gasteiger partial charge in [-0.25, -0.2) is 9.78 Å². The lowest BCUT2D eigenvalue weighted by Crippen LogP contribution is -2.34. The highest BCUT2D eigenvalue weighted by Gasteiger charge is 2.37. The maximum atomic E-state index is 11.5. The van der Waals surface area contributed by atoms with Crippen LogP contribution in [0.5, 0.6) is 0 Å². The predicted octanol–water partition coefficient (Wildman–Crippen LogP) is 7.71. The summed E-state index contributed by atoms with van der Waals surface area (Å²) in [6, 6.07) is 10.5. The van der Waals surface area contributed by atoms with Crippen molar-refractivity contribution in [3.63, 3.8) is 0 Å². The minimum Gasteiger partial charge on any atom is -0.478 e. The van der Waals surface area contributed by atoms with Gasteiger partial charge in [-0.1, -0.05) is 71.0 Å². The summed E-state index contributed by atoms with van der Waals surface area (Å²) in [5.41, 5.74) is 8.16. The van der Waals surface area contributed by atoms with Gasteiger partial charge in [0.15, 0.2) is 0 Å². The molecule has 3 nitrogen and oxygen atoms in total. The fourth-order valence-electron chi connectivity index (χ4n) is 5.07. The van der Waals surface area contributed by atoms with E-state index in [1.807, 2.05) is 30.6 Å². The van der Waals surface area contributed by atoms with E-state index in [0.717, 1.165) is 24.0 Å². The van der Waals surface area contributed by atoms with E-state index in [0.29, 0.717) is 12.0 Å². The summed E-state index contributed by atoms with van der Waals surface area (Å²) in [5, 5.41) is 12.7. The van der Waals surface area contributed by atoms with Crippen molar-refractivity contribution in [2.75, 3.05) is 0 Å². The molecule has 0 unspecified atom stereocenters. The number of thiazole rings is 1. The number of aryl methyl sites for hydroxylation is 3. The molecule has 34 heavy (non-hydrogen) atoms. The molecule has 1 heterocycles. The van der Waals surface area contributed by atoms with Gasteiger partial charge in [0.25, 0.3) is 0 Å². The Morgan fingerprint density at radius 1 is 1.00 bits per heavy atom. The summed E-state index contributed by atoms with van der Waals surface area (Å²) in [6.45, 7) is 11.5. The number of aromatic nitrogens is 1. The zero-order chi connectivity index (χ0) is 24.5. The number of aromatic carboxylic acids is 1. The first-order chi connectivity index (χ1) is 16.1. The van der Waals surface area contributed by atoms with Crippen LogP contribution in [-0.4, -0.2) is 16.1 Å². The third-order valence-corrected chi connectivity index (χ3v) is 8.24. The van der Waals surface area contributed by atoms with E-state index >= 15 is 0 Å². The maximum absolute atomic E-state index is 11.5. The zero-order valence-electron chi connectivity index (χ0n) is 20.9. The topological polar surface area (TPSA) is 50.2 Å². The van der Waals surface area contributed by atoms with Crippen molar-refractivity contribution in [2.45, 2.75) is 77.6 Å². The molecule has 4 heteroatoms. The summed E-state index contributed by atoms with van der Waals surface area (Å²) >= 11 is 1.72. The number of carboxylic acids is 1. The van der Waals surface area contributed by atoms with Crippen LogP contribution in [0.15, 0.2) is 41.9 Å². The van der Waals surface area contributed by atoms with Gasteiger partial charge in [-0.3, -0.25) is 0 Å². The SMILES string of the molecule is CCc1cc(/C=C/c2cc3c(cc2CCc2nccs2)C(C)(C)CCC3(C)C)ccc1C(=O)O. The Bertz CT molecular complexity index is 1220. The largest absolute Gasteiger partial charge is 0.478 e. The van der Waals surface area contributed by atoms with Gasteiger partial charge in [-0.2, -0.15) is 0 Å². The first-order valence-electron chi connectivity index (χ1n) is 12.2. The second kappa shape index (κ2) is 9.50. The summed E-state index contributed by atoms with van der Waals surface area (Å²) in [5.74, 6) is -0.864. The van der Waals surface area contributed by atoms with Gasteiger partial charge in [0.05, 0.1) is 10.6 Å². The van der Waals surface area contributed by atoms with E-state index in [1.54, 1.807) is 17.4 Å². The van der Waals surface area contributed by atoms with Crippen LogP contribution >= 0.6 is 11.3 Å². The molecule has 0 bridgehead atoms. The number of benzene rings is 2. The maximum Gasteiger partial charge on any atom is 0.335 e. The summed E-state index contributed by atoms with van der Waals surface area (Å²) < 4.78 is 0. The lowest BCUT2D eigenvalue weighted by atomic mass is 9.62. The molecule has 0 saturated carbocycles. The van der Waals surface area contributed by atoms with Crippen LogP contribution in [0.4, 0.5) is 0 Å². The Hall–Kier alpha value is -2.72. The van der Waals surface area contributed by atoms with Crippen LogP contribution < -0.4 is 0 Å². The van der Waals surface area contributed by atoms with Crippen LogP contribution in [-0.2, 0) is 30.1 Å². The second-order valence-electron chi connectivity index (χ2n) is 10.7. The molecule has 1 aromatic heterocycles. The summed E-state index contributed by atoms with van der Waals surface area (Å²) in [6.07, 6.45) is 11.2. The monoisotopic (exact) mass is 473 g/mol. The van der Waals surface area contributed by atoms with Crippen LogP contribution in [0, 0.1) is 0 Å². The molecule has 0 spiro atoms. The number of rotatable bonds is 7. The number of fused-ring (bicyclic) bond motifs is 1. The molecule has 178 valence electrons. The normalized spacial score (nSPS) is 16.5. The van der Waals surface area contributed by atoms with E-state index < -0.39 is 5.97 Å². The quantitative estimate of drug-likeness (QED) is 0.358. The molecular formula is C30H35NO2S. The molecule has 0 atom stereocenters. The molecule has 4 rings (SSSR count). The Kier molecular flexibility index (Phi) is 6.82. The molecule has 0 radical (unpaired) electrons. The highest BCUT2D eigenvalue weighted by atomic mass is 32.1. The molecule has 0 fully saturated rings. The number of carboxylic acid groups (broad SMARTS) is 1. The number of hydrogen-bond acceptors (Lipinski definition) is 3. The van der Waals surface area contributed by atoms with Gasteiger partial charge in [0.2, 0.25) is 0 Å². The van der Waals surface area contributed by atoms with E-state index in [4.69, 9.17) is 0 Å². The Morgan fingerprint density at radius 2 is 1.71 bits per heavy atom. The standard InChI is InChI=1S/C30H35NO2S/c1-6-21-17-20(8-11-24(21)28(32)33)7-9-22-18-25-26(30(4,5)14-13-29(25,2)3)19-23(22)10-12-27-31-15-16-34-27/h7-9,11,15-19H,6,10,12-14H2,1-5H3,(H,32,33)/b9-7+. The van der Waals surface area contributed by atoms with Gasteiger partial charge < -0.3 is 5.11 Å². The van der Waals surface area contributed by atoms with Crippen LogP contribution in [0.3, 0.4) is 0 Å². The van der Waals surface area contributed by atoms with Crippen LogP contribution in [0.2, 0.25) is 0 Å². The molecule has 0 amide bonds. The van der Waals surface area contributed by atoms with E-state index in [9.17, 15) is 9.90 Å². The van der Waals surface area contributed by atoms with E-state index in [2.05, 4.69) is 57.0 Å². The van der Waals surface area contributed by atoms with Crippen molar-refractivity contribution in [3.05, 3.63) is 85.9 Å². The third kappa shape index (κ3) is 5.02. The Labute approximate surface area is 207 Å². The molecule has 1 aliphatic carbocycles. The second-order valence-corrected chi connectivity index (χ2v) is 11.7. The van der Waals surface area contributed by atoms with Crippen molar-refractivity contribution in [3.8, 4) is 0 Å². The molecule has 1 aliphatic rings. The van der Waals surface area contributed by atoms with E-state index in [1.165, 1.54) is 40.1 Å². The first kappa shape index (κ1) is 24.4. The van der Waals surface area contributed by atoms with Crippen molar-refractivity contribution >= 4 is 29.5 Å². The number of carbonyl (C=O) groups is 1. The summed E-state index contributed by atoms with van der Waals surface area (Å²) in [4.78, 5) is 16.0. The average molecular weight is 474 g/mol. The average Bonchev–Trinajstić information content (AvgIpc) is 3.32. The smallest absolute Gasteiger partial charge is 0.335 e. The van der Waals surface area contributed by atoms with Gasteiger partial charge in [0, 0.05) is 18.0 Å². The minimum absolute atomic E-state index is 0.153. The minimum atomic E-state index is -0.864. The lowest BCUT2D eigenvalue weighted by molar-refractivity contribution is 0.0695. The van der Waals surface area contributed by atoms with Crippen molar-refractivity contribution < 1.29 is 9.90 Å². The van der Waals surface area contributed by atoms with Crippen LogP contribution in [0.25, 0.3) is 12.2 Å². The Balaban J connectivity index is 1.76. The van der Waals surface area contributed by atoms with Crippen molar-refractivity contribution in [1.29, 1.82) is 0 Å². The molecule has 2 aromatic carbocycles. The molecule has 0 saturated heterocycles. The molecule has 1 N–H and O–H groups in total. The van der Waals surface area contributed by atoms with Crippen molar-refractivity contribution in [1.82, 2.24) is 4.98 Å². The molecule has 3 aromatic rings. The molecular weight excluding hydrogens is 438 g/mol. The number of hydrogen-bond donors (Lipinski definition) is 1. The first-order valence-corrected chi connectivity index (χ1v) is 13.1. The highest BCUT2D eigenvalue weighted by molar-refractivity contribution is 7.09. The number of nitrogens with zero attached hydrogens (tertiary/aromatic N) is 1. The Morgan fingerprint density at radius 3 is 2.32 bits per heavy atom. The highest BCUT2D eigenvalue weighted by Crippen LogP contribution is 2.47. The predicted molar refractivity (Wildman–Crippen MR) is 143 cm³/mol. The summed E-state index contributed by atoms with van der Waals surface area (Å²) in [7, 11) is 0. The van der Waals surface area contributed by atoms with Crippen LogP contribution in [0.1, 0.15) is 96.2 Å². The third-order valence-electron chi connectivity index (χ3n) is 7.40. The lowest BCUT2D eigenvalue weighted by Gasteiger charge is -2.42. The van der Waals surface area contributed by atoms with Crippen molar-refractivity contribution in [2.24, 2.45) is 0 Å². The van der Waals surface area contributed by atoms with Gasteiger partial charge in [-0.15, -0.1) is 11.3 Å². The fourth-order valence-corrected chi connectivity index (χ4v) is 5.69.